The van der Waals surface area contributed by atoms with Crippen LogP contribution in [-0.2, 0) is 20.9 Å². The number of aromatic nitrogens is 1. The molecule has 0 bridgehead atoms. The fourth-order valence-corrected chi connectivity index (χ4v) is 5.84. The number of Topliss-reactive ketones (excluding diaryl/α,β-unsaturated/α-hetero) is 1. The van der Waals surface area contributed by atoms with Crippen LogP contribution in [0.1, 0.15) is 84.3 Å². The van der Waals surface area contributed by atoms with E-state index in [2.05, 4.69) is 17.2 Å². The second-order valence-electron chi connectivity index (χ2n) is 11.5. The number of nitrogens with one attached hydrogen (secondary N) is 1. The number of carbonyl (C=O) groups is 2. The Kier molecular flexibility index (Phi) is 9.15. The fraction of sp³-hybridized carbons (Fsp3) is 0.741. The minimum atomic E-state index is -1.24. The van der Waals surface area contributed by atoms with Crippen molar-refractivity contribution >= 4 is 29.2 Å². The van der Waals surface area contributed by atoms with E-state index < -0.39 is 35.6 Å². The second kappa shape index (κ2) is 11.4. The van der Waals surface area contributed by atoms with E-state index in [1.165, 1.54) is 11.3 Å². The number of esters is 1. The van der Waals surface area contributed by atoms with Crippen LogP contribution in [0.2, 0.25) is 0 Å². The first-order chi connectivity index (χ1) is 16.8. The van der Waals surface area contributed by atoms with E-state index in [4.69, 9.17) is 4.74 Å². The van der Waals surface area contributed by atoms with E-state index in [-0.39, 0.29) is 36.3 Å². The van der Waals surface area contributed by atoms with Crippen LogP contribution in [0.25, 0.3) is 6.08 Å². The Bertz CT molecular complexity index is 975. The van der Waals surface area contributed by atoms with Crippen molar-refractivity contribution in [2.75, 3.05) is 0 Å². The molecule has 2 saturated heterocycles. The van der Waals surface area contributed by atoms with Crippen LogP contribution in [0.15, 0.2) is 11.0 Å². The zero-order chi connectivity index (χ0) is 26.8. The molecule has 2 fully saturated rings. The van der Waals surface area contributed by atoms with Crippen molar-refractivity contribution in [3.8, 4) is 0 Å². The molecule has 0 saturated carbocycles. The van der Waals surface area contributed by atoms with Crippen LogP contribution in [0, 0.1) is 17.3 Å². The quantitative estimate of drug-likeness (QED) is 0.351. The predicted octanol–water partition coefficient (Wildman–Crippen LogP) is 3.23. The average molecular weight is 523 g/mol. The molecule has 8 nitrogen and oxygen atoms in total. The number of hydrogen-bond acceptors (Lipinski definition) is 9. The van der Waals surface area contributed by atoms with Crippen molar-refractivity contribution in [2.24, 2.45) is 17.3 Å². The van der Waals surface area contributed by atoms with Gasteiger partial charge in [0.25, 0.3) is 0 Å². The summed E-state index contributed by atoms with van der Waals surface area (Å²) >= 11 is 1.37. The maximum atomic E-state index is 13.2. The molecule has 3 rings (SSSR count). The molecule has 4 N–H and O–H groups in total. The van der Waals surface area contributed by atoms with Gasteiger partial charge in [0.2, 0.25) is 0 Å². The van der Waals surface area contributed by atoms with Crippen LogP contribution in [0.3, 0.4) is 0 Å². The molecule has 0 radical (unpaired) electrons. The summed E-state index contributed by atoms with van der Waals surface area (Å²) in [7, 11) is 0. The minimum absolute atomic E-state index is 0.0598. The second-order valence-corrected chi connectivity index (χ2v) is 12.4. The highest BCUT2D eigenvalue weighted by molar-refractivity contribution is 7.09. The van der Waals surface area contributed by atoms with Gasteiger partial charge in [-0.2, -0.15) is 0 Å². The van der Waals surface area contributed by atoms with Gasteiger partial charge in [0.1, 0.15) is 16.9 Å². The summed E-state index contributed by atoms with van der Waals surface area (Å²) in [5, 5.41) is 37.1. The van der Waals surface area contributed by atoms with Crippen molar-refractivity contribution in [1.82, 2.24) is 10.3 Å². The first kappa shape index (κ1) is 28.9. The van der Waals surface area contributed by atoms with E-state index in [1.807, 2.05) is 25.3 Å². The Morgan fingerprint density at radius 2 is 1.97 bits per heavy atom. The van der Waals surface area contributed by atoms with Gasteiger partial charge in [-0.15, -0.1) is 11.3 Å². The van der Waals surface area contributed by atoms with Crippen LogP contribution in [-0.4, -0.2) is 61.9 Å². The number of carbonyl (C=O) groups excluding carboxylic acids is 2. The Balaban J connectivity index is 1.85. The number of aliphatic hydroxyl groups is 3. The average Bonchev–Trinajstić information content (AvgIpc) is 3.23. The number of thiazole rings is 1. The molecule has 0 aromatic carbocycles. The highest BCUT2D eigenvalue weighted by Gasteiger charge is 2.50. The first-order valence-corrected chi connectivity index (χ1v) is 13.8. The third-order valence-electron chi connectivity index (χ3n) is 8.19. The highest BCUT2D eigenvalue weighted by Crippen LogP contribution is 2.38. The summed E-state index contributed by atoms with van der Waals surface area (Å²) in [5.41, 5.74) is 0.226. The summed E-state index contributed by atoms with van der Waals surface area (Å²) in [6.07, 6.45) is 2.15. The Labute approximate surface area is 218 Å². The van der Waals surface area contributed by atoms with Gasteiger partial charge in [-0.1, -0.05) is 34.1 Å². The molecule has 1 aromatic heterocycles. The van der Waals surface area contributed by atoms with E-state index >= 15 is 0 Å². The van der Waals surface area contributed by atoms with E-state index in [1.54, 1.807) is 20.8 Å². The predicted molar refractivity (Wildman–Crippen MR) is 139 cm³/mol. The lowest BCUT2D eigenvalue weighted by Crippen LogP contribution is -2.45. The van der Waals surface area contributed by atoms with Crippen molar-refractivity contribution in [3.63, 3.8) is 0 Å². The third kappa shape index (κ3) is 6.61. The van der Waals surface area contributed by atoms with Crippen LogP contribution >= 0.6 is 11.3 Å². The molecular formula is C27H42N2O6S. The summed E-state index contributed by atoms with van der Waals surface area (Å²) < 4.78 is 5.88. The third-order valence-corrected chi connectivity index (χ3v) is 9.05. The van der Waals surface area contributed by atoms with Gasteiger partial charge in [0.05, 0.1) is 36.3 Å². The molecule has 202 valence electrons. The zero-order valence-corrected chi connectivity index (χ0v) is 23.1. The van der Waals surface area contributed by atoms with Crippen LogP contribution < -0.4 is 5.32 Å². The minimum Gasteiger partial charge on any atom is -0.458 e. The van der Waals surface area contributed by atoms with Crippen LogP contribution in [0.4, 0.5) is 0 Å². The molecule has 2 aliphatic rings. The molecule has 1 aromatic rings. The maximum absolute atomic E-state index is 13.2. The number of hydrogen-bond donors (Lipinski definition) is 4. The molecule has 0 spiro atoms. The number of fused-ring (bicyclic) bond motifs is 1. The van der Waals surface area contributed by atoms with Gasteiger partial charge in [0.15, 0.2) is 0 Å². The van der Waals surface area contributed by atoms with Crippen molar-refractivity contribution in [1.29, 1.82) is 0 Å². The van der Waals surface area contributed by atoms with Gasteiger partial charge >= 0.3 is 5.97 Å². The van der Waals surface area contributed by atoms with Gasteiger partial charge < -0.3 is 25.4 Å². The SMILES string of the molecule is C/C(=C\c1csc(CO)n1)[C@@H]1C[C@@H]2N[C@]2(C)CCC[C@H](C)[C@H](O)[C@@H](C)C(=O)C(C)(C)[C@@H](O)CC(=O)O1. The van der Waals surface area contributed by atoms with E-state index in [0.717, 1.165) is 24.8 Å². The number of ether oxygens (including phenoxy) is 1. The molecule has 3 heterocycles. The Hall–Kier alpha value is -1.65. The lowest BCUT2D eigenvalue weighted by molar-refractivity contribution is -0.154. The summed E-state index contributed by atoms with van der Waals surface area (Å²) in [5.74, 6) is -1.56. The van der Waals surface area contributed by atoms with Gasteiger partial charge in [0, 0.05) is 29.3 Å². The molecule has 7 atom stereocenters. The number of aliphatic hydroxyl groups excluding tert-OH is 3. The Morgan fingerprint density at radius 1 is 1.28 bits per heavy atom. The highest BCUT2D eigenvalue weighted by atomic mass is 32.1. The smallest absolute Gasteiger partial charge is 0.309 e. The lowest BCUT2D eigenvalue weighted by atomic mass is 9.73. The number of cyclic esters (lactones) is 1. The molecule has 2 aliphatic heterocycles. The van der Waals surface area contributed by atoms with E-state index in [9.17, 15) is 24.9 Å². The van der Waals surface area contributed by atoms with Crippen molar-refractivity contribution in [2.45, 2.75) is 110 Å². The standard InChI is InChI=1S/C27H42N2O6S/c1-15-8-7-9-27(6)20(29-27)11-19(16(2)10-18-14-36-22(13-30)28-18)35-23(32)12-21(31)26(4,5)25(34)17(3)24(15)33/h10,14-15,17,19-21,24,29-31,33H,7-9,11-13H2,1-6H3/b16-10+/t15-,17+,19-,20-,21-,24-,27+/m0/s1. The maximum Gasteiger partial charge on any atom is 0.309 e. The van der Waals surface area contributed by atoms with Crippen molar-refractivity contribution < 1.29 is 29.6 Å². The van der Waals surface area contributed by atoms with Gasteiger partial charge in [-0.05, 0) is 44.3 Å². The molecule has 36 heavy (non-hydrogen) atoms. The fourth-order valence-electron chi connectivity index (χ4n) is 5.23. The monoisotopic (exact) mass is 522 g/mol. The Morgan fingerprint density at radius 3 is 2.61 bits per heavy atom. The molecule has 0 unspecified atom stereocenters. The number of rotatable bonds is 3. The summed E-state index contributed by atoms with van der Waals surface area (Å²) in [6.45, 7) is 10.8. The largest absolute Gasteiger partial charge is 0.458 e. The molecule has 9 heteroatoms. The van der Waals surface area contributed by atoms with Crippen LogP contribution in [0.5, 0.6) is 0 Å². The van der Waals surface area contributed by atoms with Crippen molar-refractivity contribution in [3.05, 3.63) is 21.7 Å². The molecular weight excluding hydrogens is 480 g/mol. The van der Waals surface area contributed by atoms with E-state index in [0.29, 0.717) is 17.1 Å². The summed E-state index contributed by atoms with van der Waals surface area (Å²) in [4.78, 5) is 30.6. The lowest BCUT2D eigenvalue weighted by Gasteiger charge is -2.34. The number of ketones is 1. The van der Waals surface area contributed by atoms with Gasteiger partial charge in [-0.3, -0.25) is 9.59 Å². The normalized spacial score (nSPS) is 36.8. The number of nitrogens with zero attached hydrogens (tertiary/aromatic N) is 1. The molecule has 0 aliphatic carbocycles. The van der Waals surface area contributed by atoms with Gasteiger partial charge in [-0.25, -0.2) is 4.98 Å². The summed E-state index contributed by atoms with van der Waals surface area (Å²) in [6, 6.07) is 0.164. The first-order valence-electron chi connectivity index (χ1n) is 12.9. The zero-order valence-electron chi connectivity index (χ0n) is 22.3. The topological polar surface area (TPSA) is 139 Å². The molecule has 0 amide bonds.